The Kier molecular flexibility index (Phi) is 6.34. The molecular formula is C23H25FN2O3. The largest absolute Gasteiger partial charge is 0.374 e. The average Bonchev–Trinajstić information content (AvgIpc) is 3.39. The van der Waals surface area contributed by atoms with E-state index in [9.17, 15) is 4.39 Å². The zero-order valence-corrected chi connectivity index (χ0v) is 16.2. The van der Waals surface area contributed by atoms with Crippen LogP contribution in [0.1, 0.15) is 17.5 Å². The van der Waals surface area contributed by atoms with Gasteiger partial charge in [0, 0.05) is 18.8 Å². The Morgan fingerprint density at radius 2 is 1.93 bits per heavy atom. The van der Waals surface area contributed by atoms with Gasteiger partial charge in [-0.15, -0.1) is 0 Å². The molecule has 0 spiro atoms. The minimum atomic E-state index is -0.754. The second-order valence-corrected chi connectivity index (χ2v) is 7.32. The summed E-state index contributed by atoms with van der Waals surface area (Å²) in [6.45, 7) is 2.04. The Morgan fingerprint density at radius 1 is 1.10 bits per heavy atom. The molecule has 1 saturated heterocycles. The fraction of sp³-hybridized carbons (Fsp3) is 0.348. The van der Waals surface area contributed by atoms with Gasteiger partial charge in [0.2, 0.25) is 0 Å². The number of hydrogen-bond donors (Lipinski definition) is 0. The van der Waals surface area contributed by atoms with Crippen LogP contribution in [0.3, 0.4) is 0 Å². The van der Waals surface area contributed by atoms with Gasteiger partial charge in [-0.25, -0.2) is 9.37 Å². The molecule has 152 valence electrons. The molecule has 0 radical (unpaired) electrons. The quantitative estimate of drug-likeness (QED) is 0.549. The normalized spacial score (nSPS) is 21.5. The Morgan fingerprint density at radius 3 is 2.69 bits per heavy atom. The third-order valence-corrected chi connectivity index (χ3v) is 5.02. The van der Waals surface area contributed by atoms with Gasteiger partial charge in [-0.1, -0.05) is 42.5 Å². The van der Waals surface area contributed by atoms with Gasteiger partial charge in [0.05, 0.1) is 32.7 Å². The third-order valence-electron chi connectivity index (χ3n) is 5.02. The van der Waals surface area contributed by atoms with E-state index in [-0.39, 0.29) is 11.9 Å². The summed E-state index contributed by atoms with van der Waals surface area (Å²) < 4.78 is 33.5. The number of imidazole rings is 1. The van der Waals surface area contributed by atoms with E-state index in [1.165, 1.54) is 12.1 Å². The summed E-state index contributed by atoms with van der Waals surface area (Å²) in [5, 5.41) is 0. The van der Waals surface area contributed by atoms with Crippen molar-refractivity contribution in [3.8, 4) is 0 Å². The van der Waals surface area contributed by atoms with Crippen LogP contribution in [0.25, 0.3) is 0 Å². The van der Waals surface area contributed by atoms with E-state index in [1.54, 1.807) is 24.7 Å². The van der Waals surface area contributed by atoms with Gasteiger partial charge < -0.3 is 18.8 Å². The van der Waals surface area contributed by atoms with Crippen molar-refractivity contribution in [1.82, 2.24) is 9.55 Å². The SMILES string of the molecule is Fc1ccc(CCC2(Cn3ccnc3)OCC(COCc3ccccc3)O2)cc1. The summed E-state index contributed by atoms with van der Waals surface area (Å²) in [5.74, 6) is -0.985. The number of aryl methyl sites for hydroxylation is 1. The van der Waals surface area contributed by atoms with E-state index in [2.05, 4.69) is 4.98 Å². The van der Waals surface area contributed by atoms with Crippen LogP contribution in [0.4, 0.5) is 4.39 Å². The van der Waals surface area contributed by atoms with E-state index in [1.807, 2.05) is 41.1 Å². The van der Waals surface area contributed by atoms with Crippen LogP contribution < -0.4 is 0 Å². The summed E-state index contributed by atoms with van der Waals surface area (Å²) >= 11 is 0. The lowest BCUT2D eigenvalue weighted by atomic mass is 10.0. The predicted octanol–water partition coefficient (Wildman–Crippen LogP) is 3.98. The number of nitrogens with zero attached hydrogens (tertiary/aromatic N) is 2. The molecule has 0 N–H and O–H groups in total. The van der Waals surface area contributed by atoms with Gasteiger partial charge in [-0.05, 0) is 29.7 Å². The Bertz CT molecular complexity index is 871. The van der Waals surface area contributed by atoms with Crippen LogP contribution in [-0.2, 0) is 33.8 Å². The highest BCUT2D eigenvalue weighted by molar-refractivity contribution is 5.16. The van der Waals surface area contributed by atoms with Crippen molar-refractivity contribution >= 4 is 0 Å². The van der Waals surface area contributed by atoms with Crippen molar-refractivity contribution in [3.05, 3.63) is 90.3 Å². The minimum Gasteiger partial charge on any atom is -0.374 e. The molecule has 0 bridgehead atoms. The smallest absolute Gasteiger partial charge is 0.187 e. The molecule has 2 heterocycles. The van der Waals surface area contributed by atoms with Crippen molar-refractivity contribution in [1.29, 1.82) is 0 Å². The number of rotatable bonds is 9. The number of halogens is 1. The molecule has 5 nitrogen and oxygen atoms in total. The molecule has 3 aromatic rings. The highest BCUT2D eigenvalue weighted by Gasteiger charge is 2.41. The molecule has 1 aromatic heterocycles. The maximum absolute atomic E-state index is 13.2. The summed E-state index contributed by atoms with van der Waals surface area (Å²) in [5.41, 5.74) is 2.18. The molecule has 1 fully saturated rings. The lowest BCUT2D eigenvalue weighted by Crippen LogP contribution is -2.37. The fourth-order valence-corrected chi connectivity index (χ4v) is 3.52. The van der Waals surface area contributed by atoms with Gasteiger partial charge >= 0.3 is 0 Å². The van der Waals surface area contributed by atoms with E-state index < -0.39 is 5.79 Å². The van der Waals surface area contributed by atoms with Crippen molar-refractivity contribution in [2.75, 3.05) is 13.2 Å². The van der Waals surface area contributed by atoms with Gasteiger partial charge in [0.1, 0.15) is 11.9 Å². The van der Waals surface area contributed by atoms with E-state index in [0.29, 0.717) is 32.8 Å². The lowest BCUT2D eigenvalue weighted by Gasteiger charge is -2.28. The first-order chi connectivity index (χ1) is 14.2. The molecule has 2 aromatic carbocycles. The number of aromatic nitrogens is 2. The molecule has 6 heteroatoms. The van der Waals surface area contributed by atoms with Gasteiger partial charge in [-0.2, -0.15) is 0 Å². The standard InChI is InChI=1S/C23H25FN2O3/c24-21-8-6-19(7-9-21)10-11-23(17-26-13-12-25-18-26)28-16-22(29-23)15-27-14-20-4-2-1-3-5-20/h1-9,12-13,18,22H,10-11,14-17H2. The maximum atomic E-state index is 13.2. The second-order valence-electron chi connectivity index (χ2n) is 7.32. The van der Waals surface area contributed by atoms with Crippen LogP contribution in [0.2, 0.25) is 0 Å². The monoisotopic (exact) mass is 396 g/mol. The predicted molar refractivity (Wildman–Crippen MR) is 107 cm³/mol. The topological polar surface area (TPSA) is 45.5 Å². The minimum absolute atomic E-state index is 0.129. The fourth-order valence-electron chi connectivity index (χ4n) is 3.52. The number of benzene rings is 2. The first-order valence-electron chi connectivity index (χ1n) is 9.84. The molecular weight excluding hydrogens is 371 g/mol. The molecule has 0 amide bonds. The Labute approximate surface area is 170 Å². The average molecular weight is 396 g/mol. The maximum Gasteiger partial charge on any atom is 0.187 e. The molecule has 1 aliphatic heterocycles. The van der Waals surface area contributed by atoms with Crippen LogP contribution in [0.15, 0.2) is 73.3 Å². The summed E-state index contributed by atoms with van der Waals surface area (Å²) in [6, 6.07) is 16.6. The van der Waals surface area contributed by atoms with Crippen LogP contribution in [-0.4, -0.2) is 34.7 Å². The van der Waals surface area contributed by atoms with Crippen LogP contribution in [0, 0.1) is 5.82 Å². The molecule has 2 unspecified atom stereocenters. The van der Waals surface area contributed by atoms with Crippen LogP contribution >= 0.6 is 0 Å². The van der Waals surface area contributed by atoms with E-state index >= 15 is 0 Å². The Hall–Kier alpha value is -2.54. The van der Waals surface area contributed by atoms with E-state index in [4.69, 9.17) is 14.2 Å². The third kappa shape index (κ3) is 5.50. The first-order valence-corrected chi connectivity index (χ1v) is 9.84. The Balaban J connectivity index is 1.36. The summed E-state index contributed by atoms with van der Waals surface area (Å²) in [4.78, 5) is 4.11. The molecule has 2 atom stereocenters. The molecule has 0 saturated carbocycles. The highest BCUT2D eigenvalue weighted by atomic mass is 19.1. The first kappa shape index (κ1) is 19.8. The lowest BCUT2D eigenvalue weighted by molar-refractivity contribution is -0.187. The molecule has 4 rings (SSSR count). The summed E-state index contributed by atoms with van der Waals surface area (Å²) in [7, 11) is 0. The van der Waals surface area contributed by atoms with Crippen molar-refractivity contribution in [3.63, 3.8) is 0 Å². The second kappa shape index (κ2) is 9.31. The molecule has 29 heavy (non-hydrogen) atoms. The molecule has 0 aliphatic carbocycles. The molecule has 1 aliphatic rings. The van der Waals surface area contributed by atoms with Crippen molar-refractivity contribution < 1.29 is 18.6 Å². The van der Waals surface area contributed by atoms with Gasteiger partial charge in [-0.3, -0.25) is 0 Å². The summed E-state index contributed by atoms with van der Waals surface area (Å²) in [6.07, 6.45) is 6.65. The zero-order chi connectivity index (χ0) is 19.9. The zero-order valence-electron chi connectivity index (χ0n) is 16.2. The number of ether oxygens (including phenoxy) is 3. The number of hydrogen-bond acceptors (Lipinski definition) is 4. The van der Waals surface area contributed by atoms with Gasteiger partial charge in [0.15, 0.2) is 5.79 Å². The van der Waals surface area contributed by atoms with Crippen molar-refractivity contribution in [2.45, 2.75) is 37.9 Å². The van der Waals surface area contributed by atoms with Crippen molar-refractivity contribution in [2.24, 2.45) is 0 Å². The van der Waals surface area contributed by atoms with E-state index in [0.717, 1.165) is 17.5 Å². The van der Waals surface area contributed by atoms with Gasteiger partial charge in [0.25, 0.3) is 0 Å². The highest BCUT2D eigenvalue weighted by Crippen LogP contribution is 2.31. The van der Waals surface area contributed by atoms with Crippen LogP contribution in [0.5, 0.6) is 0 Å².